The second kappa shape index (κ2) is 10.5. The number of carbonyl (C=O) groups excluding carboxylic acids is 1. The summed E-state index contributed by atoms with van der Waals surface area (Å²) in [7, 11) is 3.12. The fourth-order valence-electron chi connectivity index (χ4n) is 4.13. The highest BCUT2D eigenvalue weighted by Gasteiger charge is 2.42. The minimum Gasteiger partial charge on any atom is -0.497 e. The first-order chi connectivity index (χ1) is 16.8. The van der Waals surface area contributed by atoms with Gasteiger partial charge in [0.25, 0.3) is 0 Å². The van der Waals surface area contributed by atoms with E-state index in [4.69, 9.17) is 14.5 Å². The quantitative estimate of drug-likeness (QED) is 0.430. The summed E-state index contributed by atoms with van der Waals surface area (Å²) in [6, 6.07) is 11.1. The van der Waals surface area contributed by atoms with Gasteiger partial charge in [0.2, 0.25) is 15.9 Å². The summed E-state index contributed by atoms with van der Waals surface area (Å²) in [6.07, 6.45) is 1.07. The van der Waals surface area contributed by atoms with Crippen LogP contribution in [0.25, 0.3) is 10.2 Å². The zero-order valence-corrected chi connectivity index (χ0v) is 21.9. The van der Waals surface area contributed by atoms with Gasteiger partial charge in [-0.25, -0.2) is 13.4 Å². The summed E-state index contributed by atoms with van der Waals surface area (Å²) in [5, 5.41) is 0.532. The van der Waals surface area contributed by atoms with E-state index in [1.165, 1.54) is 34.9 Å². The monoisotopic (exact) mass is 518 g/mol. The maximum atomic E-state index is 13.9. The van der Waals surface area contributed by atoms with E-state index in [1.54, 1.807) is 24.1 Å². The van der Waals surface area contributed by atoms with Gasteiger partial charge in [-0.3, -0.25) is 9.69 Å². The lowest BCUT2D eigenvalue weighted by molar-refractivity contribution is -0.121. The predicted octanol–water partition coefficient (Wildman–Crippen LogP) is 3.06. The zero-order chi connectivity index (χ0) is 25.2. The van der Waals surface area contributed by atoms with Gasteiger partial charge in [0.05, 0.1) is 23.8 Å². The Labute approximate surface area is 209 Å². The summed E-state index contributed by atoms with van der Waals surface area (Å²) >= 11 is 1.40. The number of nitrogens with zero attached hydrogens (tertiary/aromatic N) is 4. The minimum absolute atomic E-state index is 0.141. The molecule has 1 amide bonds. The van der Waals surface area contributed by atoms with Crippen LogP contribution in [0.3, 0.4) is 0 Å². The molecule has 35 heavy (non-hydrogen) atoms. The molecular weight excluding hydrogens is 488 g/mol. The Morgan fingerprint density at radius 2 is 1.86 bits per heavy atom. The smallest absolute Gasteiger partial charge is 0.247 e. The SMILES string of the molecule is COc1ccc(S(=O)(=O)N2CCCC2C(=O)N(CCN(C)C)c2nc3c(OC)cccc3s2)cc1. The van der Waals surface area contributed by atoms with E-state index >= 15 is 0 Å². The van der Waals surface area contributed by atoms with Gasteiger partial charge in [0.15, 0.2) is 5.13 Å². The Morgan fingerprint density at radius 3 is 2.51 bits per heavy atom. The molecule has 3 aromatic rings. The molecule has 1 fully saturated rings. The average molecular weight is 519 g/mol. The maximum absolute atomic E-state index is 13.9. The Morgan fingerprint density at radius 1 is 1.11 bits per heavy atom. The molecule has 4 rings (SSSR count). The van der Waals surface area contributed by atoms with Crippen molar-refractivity contribution in [1.82, 2.24) is 14.2 Å². The second-order valence-electron chi connectivity index (χ2n) is 8.55. The standard InChI is InChI=1S/C24H30N4O5S2/c1-26(2)15-16-27(24-25-22-20(33-4)8-5-9-21(22)34-24)23(29)19-7-6-14-28(19)35(30,31)18-12-10-17(32-3)11-13-18/h5,8-13,19H,6-7,14-16H2,1-4H3. The fourth-order valence-corrected chi connectivity index (χ4v) is 6.79. The largest absolute Gasteiger partial charge is 0.497 e. The van der Waals surface area contributed by atoms with Crippen LogP contribution in [-0.2, 0) is 14.8 Å². The van der Waals surface area contributed by atoms with E-state index in [1.807, 2.05) is 37.2 Å². The number of thiazole rings is 1. The molecule has 1 aliphatic heterocycles. The minimum atomic E-state index is -3.86. The number of rotatable bonds is 9. The first kappa shape index (κ1) is 25.4. The molecule has 0 aliphatic carbocycles. The molecule has 2 aromatic carbocycles. The molecular formula is C24H30N4O5S2. The molecule has 2 heterocycles. The van der Waals surface area contributed by atoms with Crippen molar-refractivity contribution in [2.75, 3.05) is 52.8 Å². The van der Waals surface area contributed by atoms with Crippen LogP contribution in [0.4, 0.5) is 5.13 Å². The normalized spacial score (nSPS) is 16.7. The second-order valence-corrected chi connectivity index (χ2v) is 11.4. The van der Waals surface area contributed by atoms with E-state index in [9.17, 15) is 13.2 Å². The van der Waals surface area contributed by atoms with E-state index in [-0.39, 0.29) is 10.8 Å². The molecule has 1 aromatic heterocycles. The number of hydrogen-bond acceptors (Lipinski definition) is 8. The lowest BCUT2D eigenvalue weighted by Gasteiger charge is -2.29. The van der Waals surface area contributed by atoms with E-state index in [0.29, 0.717) is 54.6 Å². The van der Waals surface area contributed by atoms with Crippen LogP contribution in [-0.4, -0.2) is 82.5 Å². The summed E-state index contributed by atoms with van der Waals surface area (Å²) in [5.74, 6) is 0.938. The molecule has 1 saturated heterocycles. The van der Waals surface area contributed by atoms with E-state index in [2.05, 4.69) is 0 Å². The molecule has 9 nitrogen and oxygen atoms in total. The van der Waals surface area contributed by atoms with Crippen molar-refractivity contribution >= 4 is 42.6 Å². The van der Waals surface area contributed by atoms with E-state index < -0.39 is 16.1 Å². The third-order valence-corrected chi connectivity index (χ3v) is 8.98. The van der Waals surface area contributed by atoms with Gasteiger partial charge in [-0.15, -0.1) is 0 Å². The summed E-state index contributed by atoms with van der Waals surface area (Å²) in [6.45, 7) is 1.29. The molecule has 0 bridgehead atoms. The number of benzene rings is 2. The van der Waals surface area contributed by atoms with Crippen LogP contribution in [0, 0.1) is 0 Å². The number of likely N-dealkylation sites (N-methyl/N-ethyl adjacent to an activating group) is 1. The van der Waals surface area contributed by atoms with Gasteiger partial charge in [0.1, 0.15) is 23.1 Å². The zero-order valence-electron chi connectivity index (χ0n) is 20.3. The third-order valence-electron chi connectivity index (χ3n) is 6.01. The topological polar surface area (TPSA) is 92.3 Å². The Balaban J connectivity index is 1.68. The fraction of sp³-hybridized carbons (Fsp3) is 0.417. The Bertz CT molecular complexity index is 1290. The number of amides is 1. The van der Waals surface area contributed by atoms with Crippen molar-refractivity contribution in [3.8, 4) is 11.5 Å². The lowest BCUT2D eigenvalue weighted by Crippen LogP contribution is -2.49. The summed E-state index contributed by atoms with van der Waals surface area (Å²) in [4.78, 5) is 22.4. The number of methoxy groups -OCH3 is 2. The van der Waals surface area contributed by atoms with Gasteiger partial charge in [-0.2, -0.15) is 4.31 Å². The molecule has 0 N–H and O–H groups in total. The molecule has 1 unspecified atom stereocenters. The molecule has 1 aliphatic rings. The molecule has 188 valence electrons. The lowest BCUT2D eigenvalue weighted by atomic mass is 10.2. The first-order valence-electron chi connectivity index (χ1n) is 11.3. The number of ether oxygens (including phenoxy) is 2. The van der Waals surface area contributed by atoms with Crippen LogP contribution in [0.2, 0.25) is 0 Å². The van der Waals surface area contributed by atoms with Crippen molar-refractivity contribution < 1.29 is 22.7 Å². The van der Waals surface area contributed by atoms with Gasteiger partial charge >= 0.3 is 0 Å². The highest BCUT2D eigenvalue weighted by atomic mass is 32.2. The Kier molecular flexibility index (Phi) is 7.60. The number of para-hydroxylation sites is 1. The number of fused-ring (bicyclic) bond motifs is 1. The third kappa shape index (κ3) is 5.13. The number of sulfonamides is 1. The highest BCUT2D eigenvalue weighted by Crippen LogP contribution is 2.36. The van der Waals surface area contributed by atoms with Crippen molar-refractivity contribution in [3.63, 3.8) is 0 Å². The van der Waals surface area contributed by atoms with Gasteiger partial charge in [0, 0.05) is 19.6 Å². The van der Waals surface area contributed by atoms with Gasteiger partial charge < -0.3 is 14.4 Å². The van der Waals surface area contributed by atoms with Crippen LogP contribution < -0.4 is 14.4 Å². The Hall–Kier alpha value is -2.73. The maximum Gasteiger partial charge on any atom is 0.247 e. The molecule has 1 atom stereocenters. The molecule has 11 heteroatoms. The molecule has 0 radical (unpaired) electrons. The number of aromatic nitrogens is 1. The van der Waals surface area contributed by atoms with Crippen LogP contribution in [0.5, 0.6) is 11.5 Å². The van der Waals surface area contributed by atoms with Crippen molar-refractivity contribution in [2.24, 2.45) is 0 Å². The van der Waals surface area contributed by atoms with Gasteiger partial charge in [-0.05, 0) is 63.3 Å². The summed E-state index contributed by atoms with van der Waals surface area (Å²) in [5.41, 5.74) is 0.687. The van der Waals surface area contributed by atoms with Crippen LogP contribution >= 0.6 is 11.3 Å². The van der Waals surface area contributed by atoms with Gasteiger partial charge in [-0.1, -0.05) is 17.4 Å². The summed E-state index contributed by atoms with van der Waals surface area (Å²) < 4.78 is 39.8. The molecule has 0 saturated carbocycles. The molecule has 0 spiro atoms. The number of anilines is 1. The van der Waals surface area contributed by atoms with Crippen LogP contribution in [0.1, 0.15) is 12.8 Å². The van der Waals surface area contributed by atoms with Crippen molar-refractivity contribution in [2.45, 2.75) is 23.8 Å². The first-order valence-corrected chi connectivity index (χ1v) is 13.6. The van der Waals surface area contributed by atoms with Crippen LogP contribution in [0.15, 0.2) is 47.4 Å². The van der Waals surface area contributed by atoms with E-state index in [0.717, 1.165) is 4.70 Å². The average Bonchev–Trinajstić information content (AvgIpc) is 3.51. The highest BCUT2D eigenvalue weighted by molar-refractivity contribution is 7.89. The predicted molar refractivity (Wildman–Crippen MR) is 137 cm³/mol. The number of hydrogen-bond donors (Lipinski definition) is 0. The number of carbonyl (C=O) groups is 1. The van der Waals surface area contributed by atoms with Crippen molar-refractivity contribution in [3.05, 3.63) is 42.5 Å². The van der Waals surface area contributed by atoms with Crippen molar-refractivity contribution in [1.29, 1.82) is 0 Å².